The molecule has 2 aromatic rings. The molecular weight excluding hydrogens is 455 g/mol. The smallest absolute Gasteiger partial charge is 0.256 e. The van der Waals surface area contributed by atoms with E-state index in [0.717, 1.165) is 0 Å². The standard InChI is InChI=1S/C25H31FN4O5/c1-4-27-22(33)11-17(32)10-16(31)7-8-28-25(35)23-13(2)21(29-14(23)3)12-19-18-9-15(26)5-6-20(18)30-24(19)34/h5-6,9,12,16-17,29,31-32H,4,7-8,10-11H2,1-3H3,(H,27,33)(H,28,35)(H,30,34)/b19-12-. The Morgan fingerprint density at radius 1 is 1.17 bits per heavy atom. The van der Waals surface area contributed by atoms with E-state index >= 15 is 0 Å². The fourth-order valence-corrected chi connectivity index (χ4v) is 4.15. The van der Waals surface area contributed by atoms with Crippen LogP contribution in [0, 0.1) is 19.7 Å². The second-order valence-electron chi connectivity index (χ2n) is 8.61. The molecule has 3 amide bonds. The number of amides is 3. The Kier molecular flexibility index (Phi) is 8.42. The first-order chi connectivity index (χ1) is 16.6. The number of aromatic amines is 1. The summed E-state index contributed by atoms with van der Waals surface area (Å²) in [6, 6.07) is 4.06. The van der Waals surface area contributed by atoms with Crippen LogP contribution in [0.2, 0.25) is 0 Å². The van der Waals surface area contributed by atoms with Crippen LogP contribution < -0.4 is 16.0 Å². The molecule has 2 unspecified atom stereocenters. The van der Waals surface area contributed by atoms with E-state index in [1.165, 1.54) is 18.2 Å². The Labute approximate surface area is 202 Å². The van der Waals surface area contributed by atoms with Crippen LogP contribution in [0.4, 0.5) is 10.1 Å². The molecule has 3 rings (SSSR count). The van der Waals surface area contributed by atoms with Crippen LogP contribution in [-0.4, -0.2) is 58.2 Å². The van der Waals surface area contributed by atoms with Crippen molar-refractivity contribution in [2.24, 2.45) is 0 Å². The fraction of sp³-hybridized carbons (Fsp3) is 0.400. The molecule has 1 aromatic carbocycles. The average molecular weight is 487 g/mol. The van der Waals surface area contributed by atoms with Gasteiger partial charge in [-0.15, -0.1) is 0 Å². The molecule has 0 spiro atoms. The third-order valence-electron chi connectivity index (χ3n) is 5.86. The van der Waals surface area contributed by atoms with Gasteiger partial charge in [-0.3, -0.25) is 14.4 Å². The minimum atomic E-state index is -0.969. The van der Waals surface area contributed by atoms with Crippen molar-refractivity contribution in [2.75, 3.05) is 18.4 Å². The lowest BCUT2D eigenvalue weighted by atomic mass is 10.0. The number of halogens is 1. The van der Waals surface area contributed by atoms with Crippen LogP contribution in [0.25, 0.3) is 11.6 Å². The number of hydrogen-bond acceptors (Lipinski definition) is 5. The molecule has 0 aliphatic carbocycles. The number of hydrogen-bond donors (Lipinski definition) is 6. The number of rotatable bonds is 10. The van der Waals surface area contributed by atoms with E-state index < -0.39 is 18.0 Å². The molecular formula is C25H31FN4O5. The lowest BCUT2D eigenvalue weighted by Gasteiger charge is -2.15. The van der Waals surface area contributed by atoms with Crippen molar-refractivity contribution < 1.29 is 29.0 Å². The highest BCUT2D eigenvalue weighted by Crippen LogP contribution is 2.34. The second kappa shape index (κ2) is 11.3. The quantitative estimate of drug-likeness (QED) is 0.285. The molecule has 188 valence electrons. The minimum absolute atomic E-state index is 0.0249. The lowest BCUT2D eigenvalue weighted by Crippen LogP contribution is -2.31. The Balaban J connectivity index is 1.62. The number of benzene rings is 1. The number of aliphatic hydroxyl groups is 2. The van der Waals surface area contributed by atoms with E-state index in [1.54, 1.807) is 26.8 Å². The van der Waals surface area contributed by atoms with Crippen molar-refractivity contribution in [3.8, 4) is 0 Å². The number of aryl methyl sites for hydroxylation is 1. The maximum absolute atomic E-state index is 13.7. The van der Waals surface area contributed by atoms with Gasteiger partial charge in [-0.05, 0) is 63.5 Å². The van der Waals surface area contributed by atoms with E-state index in [0.29, 0.717) is 45.9 Å². The number of carbonyl (C=O) groups excluding carboxylic acids is 3. The zero-order chi connectivity index (χ0) is 25.7. The van der Waals surface area contributed by atoms with Crippen LogP contribution in [-0.2, 0) is 9.59 Å². The predicted molar refractivity (Wildman–Crippen MR) is 130 cm³/mol. The number of anilines is 1. The van der Waals surface area contributed by atoms with Crippen molar-refractivity contribution >= 4 is 35.1 Å². The molecule has 2 heterocycles. The van der Waals surface area contributed by atoms with E-state index in [9.17, 15) is 29.0 Å². The Hall–Kier alpha value is -3.50. The SMILES string of the molecule is CCNC(=O)CC(O)CC(O)CCNC(=O)c1c(C)[nH]c(/C=C2\C(=O)Nc3ccc(F)cc32)c1C. The second-order valence-corrected chi connectivity index (χ2v) is 8.61. The first-order valence-corrected chi connectivity index (χ1v) is 11.5. The number of fused-ring (bicyclic) bond motifs is 1. The highest BCUT2D eigenvalue weighted by Gasteiger charge is 2.26. The monoisotopic (exact) mass is 486 g/mol. The van der Waals surface area contributed by atoms with Gasteiger partial charge in [-0.1, -0.05) is 0 Å². The number of aromatic nitrogens is 1. The van der Waals surface area contributed by atoms with E-state index in [4.69, 9.17) is 0 Å². The van der Waals surface area contributed by atoms with Crippen molar-refractivity contribution in [3.05, 3.63) is 52.1 Å². The van der Waals surface area contributed by atoms with Gasteiger partial charge >= 0.3 is 0 Å². The van der Waals surface area contributed by atoms with Gasteiger partial charge in [0, 0.05) is 35.7 Å². The number of carbonyl (C=O) groups is 3. The van der Waals surface area contributed by atoms with Crippen molar-refractivity contribution in [2.45, 2.75) is 52.2 Å². The minimum Gasteiger partial charge on any atom is -0.393 e. The molecule has 1 aliphatic heterocycles. The lowest BCUT2D eigenvalue weighted by molar-refractivity contribution is -0.123. The third kappa shape index (κ3) is 6.34. The predicted octanol–water partition coefficient (Wildman–Crippen LogP) is 2.02. The summed E-state index contributed by atoms with van der Waals surface area (Å²) in [4.78, 5) is 39.8. The van der Waals surface area contributed by atoms with Crippen molar-refractivity contribution in [3.63, 3.8) is 0 Å². The molecule has 0 bridgehead atoms. The Morgan fingerprint density at radius 2 is 1.91 bits per heavy atom. The van der Waals surface area contributed by atoms with Gasteiger partial charge in [0.25, 0.3) is 11.8 Å². The Bertz CT molecular complexity index is 1160. The fourth-order valence-electron chi connectivity index (χ4n) is 4.15. The van der Waals surface area contributed by atoms with Crippen LogP contribution in [0.5, 0.6) is 0 Å². The highest BCUT2D eigenvalue weighted by molar-refractivity contribution is 6.34. The van der Waals surface area contributed by atoms with Gasteiger partial charge < -0.3 is 31.1 Å². The van der Waals surface area contributed by atoms with E-state index in [-0.39, 0.29) is 43.5 Å². The van der Waals surface area contributed by atoms with Gasteiger partial charge in [0.05, 0.1) is 29.8 Å². The largest absolute Gasteiger partial charge is 0.393 e. The molecule has 1 aliphatic rings. The van der Waals surface area contributed by atoms with Gasteiger partial charge in [0.2, 0.25) is 5.91 Å². The summed E-state index contributed by atoms with van der Waals surface area (Å²) in [6.45, 7) is 5.90. The van der Waals surface area contributed by atoms with E-state index in [2.05, 4.69) is 20.9 Å². The zero-order valence-electron chi connectivity index (χ0n) is 20.0. The number of nitrogens with one attached hydrogen (secondary N) is 4. The van der Waals surface area contributed by atoms with Gasteiger partial charge in [-0.2, -0.15) is 0 Å². The first kappa shape index (κ1) is 26.1. The normalized spacial score (nSPS) is 15.5. The molecule has 0 saturated carbocycles. The molecule has 9 nitrogen and oxygen atoms in total. The number of aliphatic hydroxyl groups excluding tert-OH is 2. The molecule has 6 N–H and O–H groups in total. The highest BCUT2D eigenvalue weighted by atomic mass is 19.1. The van der Waals surface area contributed by atoms with Gasteiger partial charge in [0.15, 0.2) is 0 Å². The van der Waals surface area contributed by atoms with Crippen LogP contribution >= 0.6 is 0 Å². The molecule has 0 fully saturated rings. The number of H-pyrrole nitrogens is 1. The maximum atomic E-state index is 13.7. The topological polar surface area (TPSA) is 144 Å². The summed E-state index contributed by atoms with van der Waals surface area (Å²) < 4.78 is 13.7. The molecule has 10 heteroatoms. The molecule has 35 heavy (non-hydrogen) atoms. The molecule has 1 aromatic heterocycles. The Morgan fingerprint density at radius 3 is 2.63 bits per heavy atom. The van der Waals surface area contributed by atoms with Crippen LogP contribution in [0.1, 0.15) is 59.1 Å². The van der Waals surface area contributed by atoms with Crippen LogP contribution in [0.15, 0.2) is 18.2 Å². The average Bonchev–Trinajstić information content (AvgIpc) is 3.22. The zero-order valence-corrected chi connectivity index (χ0v) is 20.0. The third-order valence-corrected chi connectivity index (χ3v) is 5.86. The first-order valence-electron chi connectivity index (χ1n) is 11.5. The summed E-state index contributed by atoms with van der Waals surface area (Å²) in [6.07, 6.45) is -0.110. The van der Waals surface area contributed by atoms with E-state index in [1.807, 2.05) is 0 Å². The van der Waals surface area contributed by atoms with Crippen molar-refractivity contribution in [1.29, 1.82) is 0 Å². The maximum Gasteiger partial charge on any atom is 0.256 e. The van der Waals surface area contributed by atoms with Crippen LogP contribution in [0.3, 0.4) is 0 Å². The molecule has 0 radical (unpaired) electrons. The van der Waals surface area contributed by atoms with Gasteiger partial charge in [-0.25, -0.2) is 4.39 Å². The summed E-state index contributed by atoms with van der Waals surface area (Å²) in [5.74, 6) is -1.44. The molecule has 2 atom stereocenters. The summed E-state index contributed by atoms with van der Waals surface area (Å²) >= 11 is 0. The summed E-state index contributed by atoms with van der Waals surface area (Å²) in [7, 11) is 0. The molecule has 0 saturated heterocycles. The summed E-state index contributed by atoms with van der Waals surface area (Å²) in [5.41, 5.74) is 3.48. The summed E-state index contributed by atoms with van der Waals surface area (Å²) in [5, 5.41) is 28.1. The van der Waals surface area contributed by atoms with Crippen molar-refractivity contribution in [1.82, 2.24) is 15.6 Å². The van der Waals surface area contributed by atoms with Gasteiger partial charge in [0.1, 0.15) is 5.82 Å².